The normalized spacial score (nSPS) is 21.7. The Balaban J connectivity index is 1.71. The molecule has 2 heterocycles. The summed E-state index contributed by atoms with van der Waals surface area (Å²) in [6.07, 6.45) is 0.0372. The van der Waals surface area contributed by atoms with Crippen molar-refractivity contribution in [2.45, 2.75) is 12.6 Å². The fourth-order valence-corrected chi connectivity index (χ4v) is 1.73. The fraction of sp³-hybridized carbons (Fsp3) is 0.364. The predicted molar refractivity (Wildman–Crippen MR) is 61.2 cm³/mol. The van der Waals surface area contributed by atoms with E-state index >= 15 is 0 Å². The molecule has 1 fully saturated rings. The van der Waals surface area contributed by atoms with Crippen LogP contribution >= 0.6 is 0 Å². The van der Waals surface area contributed by atoms with Crippen molar-refractivity contribution < 1.29 is 34.0 Å². The number of carboxylic acid groups (broad SMARTS) is 1. The van der Waals surface area contributed by atoms with Gasteiger partial charge in [-0.25, -0.2) is 4.79 Å². The van der Waals surface area contributed by atoms with Crippen molar-refractivity contribution in [1.82, 2.24) is 10.9 Å². The van der Waals surface area contributed by atoms with Gasteiger partial charge in [0.05, 0.1) is 11.8 Å². The van der Waals surface area contributed by atoms with Crippen molar-refractivity contribution in [3.63, 3.8) is 0 Å². The number of para-hydroxylation sites is 1. The van der Waals surface area contributed by atoms with Gasteiger partial charge in [-0.15, -0.1) is 0 Å². The maximum absolute atomic E-state index is 10.5. The maximum Gasteiger partial charge on any atom is 0.341 e. The summed E-state index contributed by atoms with van der Waals surface area (Å²) in [5, 5.41) is 9.79. The Labute approximate surface area is 113 Å². The topological polar surface area (TPSA) is 98.7 Å². The van der Waals surface area contributed by atoms with Gasteiger partial charge in [-0.2, -0.15) is 0 Å². The summed E-state index contributed by atoms with van der Waals surface area (Å²) < 4.78 is 5.13. The first-order valence-corrected chi connectivity index (χ1v) is 5.89. The lowest BCUT2D eigenvalue weighted by molar-refractivity contribution is -0.376. The number of benzene rings is 1. The number of nitrogens with one attached hydrogen (secondary N) is 1. The van der Waals surface area contributed by atoms with E-state index in [1.807, 2.05) is 0 Å². The van der Waals surface area contributed by atoms with Gasteiger partial charge in [0.15, 0.2) is 18.1 Å². The molecule has 0 aromatic heterocycles. The number of aliphatic carboxylic acids is 1. The lowest BCUT2D eigenvalue weighted by Crippen LogP contribution is -2.46. The van der Waals surface area contributed by atoms with E-state index < -0.39 is 18.8 Å². The molecule has 0 spiro atoms. The highest BCUT2D eigenvalue weighted by Crippen LogP contribution is 2.42. The molecule has 3 rings (SSSR count). The molecule has 0 bridgehead atoms. The summed E-state index contributed by atoms with van der Waals surface area (Å²) in [4.78, 5) is 31.4. The van der Waals surface area contributed by atoms with Crippen LogP contribution in [0.1, 0.15) is 6.42 Å². The van der Waals surface area contributed by atoms with Crippen LogP contribution in [0.3, 0.4) is 0 Å². The lowest BCUT2D eigenvalue weighted by atomic mass is 10.3. The monoisotopic (exact) mass is 284 g/mol. The highest BCUT2D eigenvalue weighted by atomic mass is 17.0. The molecule has 1 aromatic rings. The summed E-state index contributed by atoms with van der Waals surface area (Å²) in [7, 11) is 0. The Morgan fingerprint density at radius 3 is 3.15 bits per heavy atom. The molecule has 2 N–H and O–H groups in total. The number of hydroxylamine groups is 2. The number of carbonyl (C=O) groups is 1. The largest absolute Gasteiger partial charge is 0.479 e. The van der Waals surface area contributed by atoms with Crippen LogP contribution in [0.2, 0.25) is 0 Å². The van der Waals surface area contributed by atoms with E-state index in [0.29, 0.717) is 24.5 Å². The maximum atomic E-state index is 10.5. The fourth-order valence-electron chi connectivity index (χ4n) is 1.73. The molecule has 1 aromatic carbocycles. The zero-order valence-electron chi connectivity index (χ0n) is 10.3. The smallest absolute Gasteiger partial charge is 0.341 e. The number of fused-ring (bicyclic) bond motifs is 1. The van der Waals surface area contributed by atoms with E-state index in [9.17, 15) is 4.79 Å². The van der Waals surface area contributed by atoms with Crippen LogP contribution in [0.25, 0.3) is 0 Å². The van der Waals surface area contributed by atoms with E-state index in [-0.39, 0.29) is 5.75 Å². The van der Waals surface area contributed by atoms with Crippen molar-refractivity contribution in [3.05, 3.63) is 18.2 Å². The van der Waals surface area contributed by atoms with Crippen LogP contribution in [-0.2, 0) is 14.5 Å². The van der Waals surface area contributed by atoms with Gasteiger partial charge in [-0.3, -0.25) is 9.68 Å². The molecular weight excluding hydrogens is 272 g/mol. The predicted octanol–water partition coefficient (Wildman–Crippen LogP) is 0.236. The first kappa shape index (κ1) is 12.9. The molecular formula is C11H12N2O7. The minimum Gasteiger partial charge on any atom is -0.479 e. The third-order valence-electron chi connectivity index (χ3n) is 2.61. The Morgan fingerprint density at radius 1 is 1.50 bits per heavy atom. The standard InChI is InChI=1S/C11H12N2O7/c14-10(15)6-16-7-2-1-3-8-11(7)20-13(19-8)9-4-5-17-12-18-9/h1-3,9,12H,4-6H2,(H,14,15). The molecule has 9 nitrogen and oxygen atoms in total. The Kier molecular flexibility index (Phi) is 3.56. The molecule has 9 heteroatoms. The zero-order chi connectivity index (χ0) is 13.9. The minimum atomic E-state index is -1.07. The Morgan fingerprint density at radius 2 is 2.40 bits per heavy atom. The zero-order valence-corrected chi connectivity index (χ0v) is 10.3. The van der Waals surface area contributed by atoms with Crippen LogP contribution in [0, 0.1) is 0 Å². The van der Waals surface area contributed by atoms with Gasteiger partial charge < -0.3 is 19.5 Å². The van der Waals surface area contributed by atoms with Crippen LogP contribution in [0.4, 0.5) is 0 Å². The van der Waals surface area contributed by atoms with Crippen molar-refractivity contribution in [2.75, 3.05) is 13.2 Å². The van der Waals surface area contributed by atoms with E-state index in [1.54, 1.807) is 18.2 Å². The Hall–Kier alpha value is -2.07. The average Bonchev–Trinajstić information content (AvgIpc) is 2.90. The number of hydrogen-bond donors (Lipinski definition) is 2. The number of ether oxygens (including phenoxy) is 1. The summed E-state index contributed by atoms with van der Waals surface area (Å²) in [5.74, 6) is -0.0606. The van der Waals surface area contributed by atoms with Gasteiger partial charge in [0, 0.05) is 6.42 Å². The van der Waals surface area contributed by atoms with Crippen LogP contribution in [-0.4, -0.2) is 35.7 Å². The molecule has 0 saturated carbocycles. The molecule has 1 saturated heterocycles. The molecule has 1 unspecified atom stereocenters. The molecule has 108 valence electrons. The summed E-state index contributed by atoms with van der Waals surface area (Å²) in [5.41, 5.74) is 2.28. The molecule has 1 atom stereocenters. The van der Waals surface area contributed by atoms with E-state index in [4.69, 9.17) is 29.2 Å². The second-order valence-corrected chi connectivity index (χ2v) is 4.03. The molecule has 0 radical (unpaired) electrons. The molecule has 20 heavy (non-hydrogen) atoms. The Bertz CT molecular complexity index is 504. The summed E-state index contributed by atoms with van der Waals surface area (Å²) in [6.45, 7) is -0.0261. The van der Waals surface area contributed by atoms with Crippen molar-refractivity contribution >= 4 is 5.97 Å². The first-order valence-electron chi connectivity index (χ1n) is 5.89. The van der Waals surface area contributed by atoms with Crippen LogP contribution in [0.15, 0.2) is 18.2 Å². The van der Waals surface area contributed by atoms with Crippen LogP contribution in [0.5, 0.6) is 17.2 Å². The quantitative estimate of drug-likeness (QED) is 0.805. The van der Waals surface area contributed by atoms with Gasteiger partial charge >= 0.3 is 5.97 Å². The van der Waals surface area contributed by atoms with Crippen LogP contribution < -0.4 is 20.1 Å². The molecule has 0 amide bonds. The molecule has 0 aliphatic carbocycles. The summed E-state index contributed by atoms with van der Waals surface area (Å²) >= 11 is 0. The lowest BCUT2D eigenvalue weighted by Gasteiger charge is -2.26. The van der Waals surface area contributed by atoms with E-state index in [0.717, 1.165) is 5.23 Å². The number of hydrogen-bond acceptors (Lipinski definition) is 8. The first-order chi connectivity index (χ1) is 9.74. The van der Waals surface area contributed by atoms with Crippen molar-refractivity contribution in [2.24, 2.45) is 0 Å². The minimum absolute atomic E-state index is 0.285. The third kappa shape index (κ3) is 2.60. The number of carboxylic acids is 1. The number of nitrogens with zero attached hydrogens (tertiary/aromatic N) is 1. The third-order valence-corrected chi connectivity index (χ3v) is 2.61. The molecule has 2 aliphatic heterocycles. The highest BCUT2D eigenvalue weighted by Gasteiger charge is 2.35. The van der Waals surface area contributed by atoms with Gasteiger partial charge in [-0.1, -0.05) is 11.7 Å². The van der Waals surface area contributed by atoms with E-state index in [2.05, 4.69) is 5.64 Å². The van der Waals surface area contributed by atoms with Gasteiger partial charge in [-0.05, 0) is 12.1 Å². The SMILES string of the molecule is O=C(O)COc1cccc2c1ON(C1CCONO1)O2. The number of rotatable bonds is 4. The van der Waals surface area contributed by atoms with Gasteiger partial charge in [0.25, 0.3) is 0 Å². The highest BCUT2D eigenvalue weighted by molar-refractivity contribution is 5.68. The van der Waals surface area contributed by atoms with Crippen molar-refractivity contribution in [1.29, 1.82) is 0 Å². The van der Waals surface area contributed by atoms with Crippen molar-refractivity contribution in [3.8, 4) is 17.2 Å². The van der Waals surface area contributed by atoms with Gasteiger partial charge in [0.1, 0.15) is 0 Å². The second kappa shape index (κ2) is 5.51. The second-order valence-electron chi connectivity index (χ2n) is 4.03. The van der Waals surface area contributed by atoms with E-state index in [1.165, 1.54) is 0 Å². The molecule has 2 aliphatic rings. The average molecular weight is 284 g/mol. The summed E-state index contributed by atoms with van der Waals surface area (Å²) in [6, 6.07) is 4.94. The van der Waals surface area contributed by atoms with Gasteiger partial charge in [0.2, 0.25) is 12.0 Å².